The summed E-state index contributed by atoms with van der Waals surface area (Å²) in [5.41, 5.74) is 1.35. The minimum absolute atomic E-state index is 0.0265. The molecule has 106 valence electrons. The lowest BCUT2D eigenvalue weighted by atomic mass is 10.1. The summed E-state index contributed by atoms with van der Waals surface area (Å²) < 4.78 is 9.62. The average molecular weight is 290 g/mol. The van der Waals surface area contributed by atoms with E-state index in [0.717, 1.165) is 30.1 Å². The summed E-state index contributed by atoms with van der Waals surface area (Å²) in [7, 11) is 0. The largest absolute Gasteiger partial charge is 0.490 e. The summed E-state index contributed by atoms with van der Waals surface area (Å²) in [6.07, 6.45) is 1.74. The first kappa shape index (κ1) is 14.7. The van der Waals surface area contributed by atoms with E-state index in [9.17, 15) is 4.79 Å². The van der Waals surface area contributed by atoms with Gasteiger partial charge in [-0.1, -0.05) is 30.0 Å². The summed E-state index contributed by atoms with van der Waals surface area (Å²) in [6.45, 7) is 5.94. The van der Waals surface area contributed by atoms with Crippen LogP contribution in [-0.2, 0) is 6.42 Å². The van der Waals surface area contributed by atoms with Gasteiger partial charge in [0, 0.05) is 0 Å². The monoisotopic (exact) mass is 290 g/mol. The highest BCUT2D eigenvalue weighted by atomic mass is 32.1. The second-order valence-electron chi connectivity index (χ2n) is 4.79. The maximum absolute atomic E-state index is 12.7. The summed E-state index contributed by atoms with van der Waals surface area (Å²) in [5, 5.41) is 4.05. The molecule has 5 heteroatoms. The molecule has 0 bridgehead atoms. The number of benzene rings is 1. The van der Waals surface area contributed by atoms with Gasteiger partial charge in [0.2, 0.25) is 5.78 Å². The van der Waals surface area contributed by atoms with E-state index in [-0.39, 0.29) is 11.9 Å². The van der Waals surface area contributed by atoms with Crippen LogP contribution in [0.4, 0.5) is 0 Å². The lowest BCUT2D eigenvalue weighted by Crippen LogP contribution is -2.11. The van der Waals surface area contributed by atoms with E-state index >= 15 is 0 Å². The average Bonchev–Trinajstić information content (AvgIpc) is 2.86. The lowest BCUT2D eigenvalue weighted by Gasteiger charge is -2.13. The van der Waals surface area contributed by atoms with Crippen molar-refractivity contribution in [2.45, 2.75) is 39.7 Å². The molecule has 1 aromatic heterocycles. The van der Waals surface area contributed by atoms with Gasteiger partial charge in [0.15, 0.2) is 0 Å². The molecule has 2 aromatic rings. The standard InChI is InChI=1S/C15H18N2O2S/c1-4-7-12-15(20-17-16-12)14(18)11-8-5-6-9-13(11)19-10(2)3/h5-6,8-10H,4,7H2,1-3H3. The van der Waals surface area contributed by atoms with Gasteiger partial charge in [0.1, 0.15) is 10.6 Å². The van der Waals surface area contributed by atoms with Crippen LogP contribution in [0.1, 0.15) is 48.1 Å². The maximum Gasteiger partial charge on any atom is 0.210 e. The van der Waals surface area contributed by atoms with Crippen molar-refractivity contribution in [1.29, 1.82) is 0 Å². The van der Waals surface area contributed by atoms with Crippen LogP contribution in [-0.4, -0.2) is 21.5 Å². The maximum atomic E-state index is 12.7. The minimum atomic E-state index is -0.0558. The molecule has 0 saturated carbocycles. The first-order chi connectivity index (χ1) is 9.63. The van der Waals surface area contributed by atoms with Crippen LogP contribution in [0.3, 0.4) is 0 Å². The molecule has 0 saturated heterocycles. The van der Waals surface area contributed by atoms with Gasteiger partial charge in [0.25, 0.3) is 0 Å². The van der Waals surface area contributed by atoms with E-state index in [1.165, 1.54) is 0 Å². The van der Waals surface area contributed by atoms with Gasteiger partial charge in [-0.05, 0) is 43.9 Å². The molecule has 0 fully saturated rings. The van der Waals surface area contributed by atoms with Crippen molar-refractivity contribution < 1.29 is 9.53 Å². The van der Waals surface area contributed by atoms with E-state index in [1.807, 2.05) is 32.0 Å². The molecule has 2 rings (SSSR count). The smallest absolute Gasteiger partial charge is 0.210 e. The summed E-state index contributed by atoms with van der Waals surface area (Å²) >= 11 is 1.15. The first-order valence-electron chi connectivity index (χ1n) is 6.75. The van der Waals surface area contributed by atoms with E-state index in [4.69, 9.17) is 4.74 Å². The normalized spacial score (nSPS) is 10.8. The van der Waals surface area contributed by atoms with Gasteiger partial charge < -0.3 is 4.74 Å². The lowest BCUT2D eigenvalue weighted by molar-refractivity contribution is 0.103. The summed E-state index contributed by atoms with van der Waals surface area (Å²) in [5.74, 6) is 0.558. The van der Waals surface area contributed by atoms with E-state index in [2.05, 4.69) is 16.5 Å². The summed E-state index contributed by atoms with van der Waals surface area (Å²) in [4.78, 5) is 13.3. The zero-order valence-electron chi connectivity index (χ0n) is 11.9. The Hall–Kier alpha value is -1.75. The number of rotatable bonds is 6. The zero-order valence-corrected chi connectivity index (χ0v) is 12.7. The molecule has 20 heavy (non-hydrogen) atoms. The van der Waals surface area contributed by atoms with Gasteiger partial charge >= 0.3 is 0 Å². The van der Waals surface area contributed by atoms with Crippen LogP contribution in [0.5, 0.6) is 5.75 Å². The predicted molar refractivity (Wildman–Crippen MR) is 79.5 cm³/mol. The topological polar surface area (TPSA) is 52.1 Å². The van der Waals surface area contributed by atoms with Crippen LogP contribution in [0.15, 0.2) is 24.3 Å². The Morgan fingerprint density at radius 1 is 1.35 bits per heavy atom. The number of aryl methyl sites for hydroxylation is 1. The SMILES string of the molecule is CCCc1nnsc1C(=O)c1ccccc1OC(C)C. The van der Waals surface area contributed by atoms with Crippen LogP contribution < -0.4 is 4.74 Å². The van der Waals surface area contributed by atoms with Crippen LogP contribution >= 0.6 is 11.5 Å². The first-order valence-corrected chi connectivity index (χ1v) is 7.52. The fourth-order valence-corrected chi connectivity index (χ4v) is 2.58. The Morgan fingerprint density at radius 2 is 2.10 bits per heavy atom. The molecule has 0 amide bonds. The quantitative estimate of drug-likeness (QED) is 0.764. The number of hydrogen-bond donors (Lipinski definition) is 0. The molecule has 0 radical (unpaired) electrons. The number of nitrogens with zero attached hydrogens (tertiary/aromatic N) is 2. The highest BCUT2D eigenvalue weighted by Crippen LogP contribution is 2.25. The molecule has 1 heterocycles. The van der Waals surface area contributed by atoms with Crippen molar-refractivity contribution in [2.75, 3.05) is 0 Å². The van der Waals surface area contributed by atoms with Gasteiger partial charge in [-0.15, -0.1) is 5.10 Å². The molecule has 0 aliphatic rings. The number of ether oxygens (including phenoxy) is 1. The minimum Gasteiger partial charge on any atom is -0.490 e. The van der Waals surface area contributed by atoms with Crippen molar-refractivity contribution in [3.63, 3.8) is 0 Å². The molecular weight excluding hydrogens is 272 g/mol. The van der Waals surface area contributed by atoms with Crippen molar-refractivity contribution in [3.05, 3.63) is 40.4 Å². The Bertz CT molecular complexity index is 593. The molecule has 1 aromatic carbocycles. The molecule has 0 aliphatic heterocycles. The number of para-hydroxylation sites is 1. The highest BCUT2D eigenvalue weighted by molar-refractivity contribution is 7.08. The fraction of sp³-hybridized carbons (Fsp3) is 0.400. The molecule has 4 nitrogen and oxygen atoms in total. The molecule has 0 N–H and O–H groups in total. The van der Waals surface area contributed by atoms with Gasteiger partial charge in [0.05, 0.1) is 17.4 Å². The Kier molecular flexibility index (Phi) is 4.84. The van der Waals surface area contributed by atoms with Gasteiger partial charge in [-0.2, -0.15) is 0 Å². The second-order valence-corrected chi connectivity index (χ2v) is 5.54. The number of carbonyl (C=O) groups excluding carboxylic acids is 1. The van der Waals surface area contributed by atoms with E-state index in [1.54, 1.807) is 6.07 Å². The fourth-order valence-electron chi connectivity index (χ4n) is 1.91. The number of aromatic nitrogens is 2. The van der Waals surface area contributed by atoms with Crippen LogP contribution in [0.25, 0.3) is 0 Å². The number of hydrogen-bond acceptors (Lipinski definition) is 5. The molecular formula is C15H18N2O2S. The molecule has 0 aliphatic carbocycles. The molecule has 0 unspecified atom stereocenters. The Labute approximate surface area is 123 Å². The van der Waals surface area contributed by atoms with Crippen molar-refractivity contribution in [3.8, 4) is 5.75 Å². The van der Waals surface area contributed by atoms with Gasteiger partial charge in [-0.3, -0.25) is 4.79 Å². The third-order valence-electron chi connectivity index (χ3n) is 2.74. The third kappa shape index (κ3) is 3.22. The molecule has 0 atom stereocenters. The van der Waals surface area contributed by atoms with E-state index < -0.39 is 0 Å². The number of carbonyl (C=O) groups is 1. The summed E-state index contributed by atoms with van der Waals surface area (Å²) in [6, 6.07) is 7.32. The molecule has 0 spiro atoms. The van der Waals surface area contributed by atoms with Crippen molar-refractivity contribution in [2.24, 2.45) is 0 Å². The van der Waals surface area contributed by atoms with Crippen LogP contribution in [0, 0.1) is 0 Å². The number of ketones is 1. The van der Waals surface area contributed by atoms with Gasteiger partial charge in [-0.25, -0.2) is 0 Å². The predicted octanol–water partition coefficient (Wildman–Crippen LogP) is 3.51. The van der Waals surface area contributed by atoms with Crippen molar-refractivity contribution >= 4 is 17.3 Å². The Morgan fingerprint density at radius 3 is 2.80 bits per heavy atom. The van der Waals surface area contributed by atoms with E-state index in [0.29, 0.717) is 16.2 Å². The zero-order chi connectivity index (χ0) is 14.5. The highest BCUT2D eigenvalue weighted by Gasteiger charge is 2.21. The second kappa shape index (κ2) is 6.61. The van der Waals surface area contributed by atoms with Crippen molar-refractivity contribution in [1.82, 2.24) is 9.59 Å². The van der Waals surface area contributed by atoms with Crippen LogP contribution in [0.2, 0.25) is 0 Å². The Balaban J connectivity index is 2.35. The third-order valence-corrected chi connectivity index (χ3v) is 3.51.